The van der Waals surface area contributed by atoms with Crippen molar-refractivity contribution in [1.29, 1.82) is 0 Å². The van der Waals surface area contributed by atoms with Gasteiger partial charge in [-0.2, -0.15) is 4.98 Å². The maximum absolute atomic E-state index is 13.2. The summed E-state index contributed by atoms with van der Waals surface area (Å²) in [6, 6.07) is 4.52. The highest BCUT2D eigenvalue weighted by atomic mass is 19.1. The lowest BCUT2D eigenvalue weighted by molar-refractivity contribution is 0.256. The molecule has 0 amide bonds. The Morgan fingerprint density at radius 2 is 2.14 bits per heavy atom. The van der Waals surface area contributed by atoms with Crippen LogP contribution in [0.25, 0.3) is 11.0 Å². The summed E-state index contributed by atoms with van der Waals surface area (Å²) in [4.78, 5) is 13.9. The van der Waals surface area contributed by atoms with E-state index in [4.69, 9.17) is 4.52 Å². The van der Waals surface area contributed by atoms with Crippen molar-refractivity contribution in [2.45, 2.75) is 32.9 Å². The zero-order valence-corrected chi connectivity index (χ0v) is 12.6. The highest BCUT2D eigenvalue weighted by Crippen LogP contribution is 2.14. The molecule has 0 fully saturated rings. The van der Waals surface area contributed by atoms with Crippen LogP contribution in [0, 0.1) is 5.82 Å². The van der Waals surface area contributed by atoms with Gasteiger partial charge in [-0.05, 0) is 31.7 Å². The molecule has 3 aromatic rings. The van der Waals surface area contributed by atoms with Crippen LogP contribution in [0.1, 0.15) is 30.9 Å². The van der Waals surface area contributed by atoms with E-state index in [1.54, 1.807) is 6.07 Å². The van der Waals surface area contributed by atoms with Crippen LogP contribution < -0.4 is 0 Å². The number of rotatable bonds is 6. The van der Waals surface area contributed by atoms with Crippen molar-refractivity contribution in [2.75, 3.05) is 7.05 Å². The fraction of sp³-hybridized carbons (Fsp3) is 0.400. The molecule has 116 valence electrons. The molecule has 22 heavy (non-hydrogen) atoms. The third kappa shape index (κ3) is 3.30. The van der Waals surface area contributed by atoms with Crippen molar-refractivity contribution < 1.29 is 8.91 Å². The van der Waals surface area contributed by atoms with E-state index in [-0.39, 0.29) is 5.82 Å². The van der Waals surface area contributed by atoms with Gasteiger partial charge in [0.2, 0.25) is 5.89 Å². The molecule has 1 aromatic carbocycles. The second kappa shape index (κ2) is 6.23. The predicted octanol–water partition coefficient (Wildman–Crippen LogP) is 2.67. The van der Waals surface area contributed by atoms with Gasteiger partial charge in [-0.1, -0.05) is 12.1 Å². The summed E-state index contributed by atoms with van der Waals surface area (Å²) in [6.45, 7) is 3.20. The number of fused-ring (bicyclic) bond motifs is 1. The molecule has 7 heteroatoms. The molecule has 0 unspecified atom stereocenters. The molecule has 6 nitrogen and oxygen atoms in total. The summed E-state index contributed by atoms with van der Waals surface area (Å²) in [6.07, 6.45) is 1.81. The molecule has 0 bridgehead atoms. The van der Waals surface area contributed by atoms with Gasteiger partial charge in [0.25, 0.3) is 0 Å². The molecule has 1 N–H and O–H groups in total. The van der Waals surface area contributed by atoms with Gasteiger partial charge in [-0.3, -0.25) is 4.90 Å². The van der Waals surface area contributed by atoms with Crippen molar-refractivity contribution in [1.82, 2.24) is 25.0 Å². The molecule has 0 atom stereocenters. The van der Waals surface area contributed by atoms with Crippen molar-refractivity contribution in [3.8, 4) is 0 Å². The number of aryl methyl sites for hydroxylation is 1. The van der Waals surface area contributed by atoms with Crippen molar-refractivity contribution >= 4 is 11.0 Å². The third-order valence-electron chi connectivity index (χ3n) is 3.30. The highest BCUT2D eigenvalue weighted by molar-refractivity contribution is 5.74. The molecule has 0 radical (unpaired) electrons. The number of H-pyrrole nitrogens is 1. The van der Waals surface area contributed by atoms with Crippen LogP contribution in [0.15, 0.2) is 22.7 Å². The number of nitrogens with one attached hydrogen (secondary N) is 1. The van der Waals surface area contributed by atoms with E-state index in [2.05, 4.69) is 27.0 Å². The summed E-state index contributed by atoms with van der Waals surface area (Å²) in [7, 11) is 1.94. The second-order valence-electron chi connectivity index (χ2n) is 5.37. The molecular formula is C15H18FN5O. The van der Waals surface area contributed by atoms with Crippen molar-refractivity contribution in [2.24, 2.45) is 0 Å². The Kier molecular flexibility index (Phi) is 4.15. The molecular weight excluding hydrogens is 285 g/mol. The van der Waals surface area contributed by atoms with Crippen LogP contribution in [0.4, 0.5) is 4.39 Å². The van der Waals surface area contributed by atoms with Gasteiger partial charge >= 0.3 is 0 Å². The summed E-state index contributed by atoms with van der Waals surface area (Å²) in [5.74, 6) is 1.83. The topological polar surface area (TPSA) is 70.8 Å². The molecule has 0 aliphatic heterocycles. The lowest BCUT2D eigenvalue weighted by atomic mass is 10.3. The van der Waals surface area contributed by atoms with Gasteiger partial charge in [0.15, 0.2) is 5.82 Å². The van der Waals surface area contributed by atoms with Gasteiger partial charge < -0.3 is 9.51 Å². The summed E-state index contributed by atoms with van der Waals surface area (Å²) >= 11 is 0. The number of hydrogen-bond donors (Lipinski definition) is 1. The average molecular weight is 303 g/mol. The molecule has 0 saturated heterocycles. The standard InChI is InChI=1S/C15H18FN5O/c1-3-4-13-19-15(22-20-13)9-21(2)8-14-17-11-6-5-10(16)7-12(11)18-14/h5-7H,3-4,8-9H2,1-2H3,(H,17,18). The summed E-state index contributed by atoms with van der Waals surface area (Å²) in [5, 5.41) is 3.93. The van der Waals surface area contributed by atoms with E-state index in [9.17, 15) is 4.39 Å². The van der Waals surface area contributed by atoms with Crippen LogP contribution in [0.2, 0.25) is 0 Å². The van der Waals surface area contributed by atoms with E-state index in [0.717, 1.165) is 30.0 Å². The first kappa shape index (κ1) is 14.6. The fourth-order valence-corrected chi connectivity index (χ4v) is 2.33. The van der Waals surface area contributed by atoms with Gasteiger partial charge in [0, 0.05) is 6.42 Å². The molecule has 3 rings (SSSR count). The Hall–Kier alpha value is -2.28. The Balaban J connectivity index is 1.65. The average Bonchev–Trinajstić information content (AvgIpc) is 3.05. The molecule has 2 aromatic heterocycles. The Morgan fingerprint density at radius 3 is 2.95 bits per heavy atom. The first-order chi connectivity index (χ1) is 10.6. The van der Waals surface area contributed by atoms with Crippen molar-refractivity contribution in [3.05, 3.63) is 41.6 Å². The van der Waals surface area contributed by atoms with Gasteiger partial charge in [-0.15, -0.1) is 0 Å². The first-order valence-corrected chi connectivity index (χ1v) is 7.28. The van der Waals surface area contributed by atoms with Crippen LogP contribution in [0.3, 0.4) is 0 Å². The quantitative estimate of drug-likeness (QED) is 0.758. The summed E-state index contributed by atoms with van der Waals surface area (Å²) < 4.78 is 18.4. The predicted molar refractivity (Wildman–Crippen MR) is 79.5 cm³/mol. The Labute approximate surface area is 127 Å². The minimum atomic E-state index is -0.273. The molecule has 0 aliphatic carbocycles. The van der Waals surface area contributed by atoms with Gasteiger partial charge in [0.05, 0.1) is 24.1 Å². The van der Waals surface area contributed by atoms with E-state index in [0.29, 0.717) is 24.5 Å². The van der Waals surface area contributed by atoms with Crippen LogP contribution in [0.5, 0.6) is 0 Å². The molecule has 0 aliphatic rings. The molecule has 0 spiro atoms. The smallest absolute Gasteiger partial charge is 0.240 e. The lowest BCUT2D eigenvalue weighted by Crippen LogP contribution is -2.18. The van der Waals surface area contributed by atoms with Gasteiger partial charge in [0.1, 0.15) is 11.6 Å². The SMILES string of the molecule is CCCc1noc(CN(C)Cc2nc3ccc(F)cc3[nH]2)n1. The molecule has 0 saturated carbocycles. The first-order valence-electron chi connectivity index (χ1n) is 7.28. The zero-order valence-electron chi connectivity index (χ0n) is 12.6. The number of aromatic nitrogens is 4. The number of imidazole rings is 1. The Morgan fingerprint density at radius 1 is 1.27 bits per heavy atom. The normalized spacial score (nSPS) is 11.6. The van der Waals surface area contributed by atoms with E-state index >= 15 is 0 Å². The second-order valence-corrected chi connectivity index (χ2v) is 5.37. The van der Waals surface area contributed by atoms with Crippen LogP contribution >= 0.6 is 0 Å². The Bertz CT molecular complexity index is 766. The summed E-state index contributed by atoms with van der Waals surface area (Å²) in [5.41, 5.74) is 1.46. The van der Waals surface area contributed by atoms with Crippen LogP contribution in [-0.2, 0) is 19.5 Å². The fourth-order valence-electron chi connectivity index (χ4n) is 2.33. The third-order valence-corrected chi connectivity index (χ3v) is 3.30. The minimum absolute atomic E-state index is 0.273. The largest absolute Gasteiger partial charge is 0.341 e. The lowest BCUT2D eigenvalue weighted by Gasteiger charge is -2.11. The monoisotopic (exact) mass is 303 g/mol. The van der Waals surface area contributed by atoms with Gasteiger partial charge in [-0.25, -0.2) is 9.37 Å². The van der Waals surface area contributed by atoms with E-state index in [1.165, 1.54) is 12.1 Å². The number of aromatic amines is 1. The van der Waals surface area contributed by atoms with E-state index < -0.39 is 0 Å². The number of halogens is 1. The minimum Gasteiger partial charge on any atom is -0.341 e. The maximum atomic E-state index is 13.2. The molecule has 2 heterocycles. The number of nitrogens with zero attached hydrogens (tertiary/aromatic N) is 4. The van der Waals surface area contributed by atoms with E-state index in [1.807, 2.05) is 11.9 Å². The number of hydrogen-bond acceptors (Lipinski definition) is 5. The number of benzene rings is 1. The highest BCUT2D eigenvalue weighted by Gasteiger charge is 2.11. The maximum Gasteiger partial charge on any atom is 0.240 e. The zero-order chi connectivity index (χ0) is 15.5. The van der Waals surface area contributed by atoms with Crippen molar-refractivity contribution in [3.63, 3.8) is 0 Å². The van der Waals surface area contributed by atoms with Crippen LogP contribution in [-0.4, -0.2) is 32.1 Å².